The van der Waals surface area contributed by atoms with Crippen LogP contribution in [0.4, 0.5) is 0 Å². The van der Waals surface area contributed by atoms with Gasteiger partial charge in [-0.2, -0.15) is 11.3 Å². The molecule has 2 nitrogen and oxygen atoms in total. The molecule has 84 valence electrons. The van der Waals surface area contributed by atoms with Gasteiger partial charge in [0, 0.05) is 6.04 Å². The zero-order chi connectivity index (χ0) is 11.4. The molecule has 0 spiro atoms. The maximum absolute atomic E-state index is 5.78. The Morgan fingerprint density at radius 2 is 2.00 bits per heavy atom. The van der Waals surface area contributed by atoms with Crippen molar-refractivity contribution in [1.82, 2.24) is 0 Å². The Kier molecular flexibility index (Phi) is 3.59. The molecule has 16 heavy (non-hydrogen) atoms. The second-order valence-electron chi connectivity index (χ2n) is 3.78. The zero-order valence-electron chi connectivity index (χ0n) is 9.22. The first-order valence-electron chi connectivity index (χ1n) is 5.25. The van der Waals surface area contributed by atoms with E-state index in [1.165, 1.54) is 5.56 Å². The van der Waals surface area contributed by atoms with E-state index in [4.69, 9.17) is 10.5 Å². The quantitative estimate of drug-likeness (QED) is 0.879. The molecule has 0 saturated heterocycles. The Morgan fingerprint density at radius 1 is 1.25 bits per heavy atom. The third-order valence-corrected chi connectivity index (χ3v) is 3.12. The lowest BCUT2D eigenvalue weighted by Gasteiger charge is -2.08. The average Bonchev–Trinajstić information content (AvgIpc) is 2.80. The second-order valence-corrected chi connectivity index (χ2v) is 4.56. The van der Waals surface area contributed by atoms with Crippen LogP contribution >= 0.6 is 11.3 Å². The molecule has 0 radical (unpaired) electrons. The Hall–Kier alpha value is -1.32. The summed E-state index contributed by atoms with van der Waals surface area (Å²) < 4.78 is 5.65. The maximum atomic E-state index is 5.78. The van der Waals surface area contributed by atoms with Crippen LogP contribution in [0.15, 0.2) is 41.1 Å². The Balaban J connectivity index is 1.95. The van der Waals surface area contributed by atoms with Crippen molar-refractivity contribution in [3.63, 3.8) is 0 Å². The summed E-state index contributed by atoms with van der Waals surface area (Å²) in [5.41, 5.74) is 8.11. The first-order chi connectivity index (χ1) is 7.75. The lowest BCUT2D eigenvalue weighted by Crippen LogP contribution is -2.04. The van der Waals surface area contributed by atoms with Crippen LogP contribution in [-0.4, -0.2) is 0 Å². The molecule has 2 N–H and O–H groups in total. The van der Waals surface area contributed by atoms with Crippen molar-refractivity contribution in [2.45, 2.75) is 19.6 Å². The molecule has 1 aromatic carbocycles. The van der Waals surface area contributed by atoms with Crippen LogP contribution in [0.3, 0.4) is 0 Å². The summed E-state index contributed by atoms with van der Waals surface area (Å²) in [4.78, 5) is 0. The molecular weight excluding hydrogens is 218 g/mol. The number of ether oxygens (including phenoxy) is 1. The maximum Gasteiger partial charge on any atom is 0.119 e. The highest BCUT2D eigenvalue weighted by atomic mass is 32.1. The molecule has 2 aromatic rings. The molecule has 1 heterocycles. The van der Waals surface area contributed by atoms with Gasteiger partial charge in [-0.05, 0) is 47.0 Å². The van der Waals surface area contributed by atoms with Crippen molar-refractivity contribution in [1.29, 1.82) is 0 Å². The Morgan fingerprint density at radius 3 is 2.56 bits per heavy atom. The normalized spacial score (nSPS) is 12.4. The number of thiophene rings is 1. The van der Waals surface area contributed by atoms with E-state index in [1.54, 1.807) is 11.3 Å². The van der Waals surface area contributed by atoms with Crippen LogP contribution in [0.1, 0.15) is 24.1 Å². The fourth-order valence-corrected chi connectivity index (χ4v) is 2.06. The molecule has 1 atom stereocenters. The summed E-state index contributed by atoms with van der Waals surface area (Å²) in [6, 6.07) is 10.1. The van der Waals surface area contributed by atoms with Gasteiger partial charge in [0.15, 0.2) is 0 Å². The zero-order valence-corrected chi connectivity index (χ0v) is 10.0. The van der Waals surface area contributed by atoms with Gasteiger partial charge in [-0.1, -0.05) is 12.1 Å². The van der Waals surface area contributed by atoms with Gasteiger partial charge in [0.1, 0.15) is 12.4 Å². The lowest BCUT2D eigenvalue weighted by molar-refractivity contribution is 0.306. The predicted molar refractivity (Wildman–Crippen MR) is 67.7 cm³/mol. The van der Waals surface area contributed by atoms with E-state index in [1.807, 2.05) is 31.2 Å². The molecule has 0 aliphatic carbocycles. The molecule has 0 unspecified atom stereocenters. The number of hydrogen-bond donors (Lipinski definition) is 1. The largest absolute Gasteiger partial charge is 0.489 e. The van der Waals surface area contributed by atoms with Gasteiger partial charge >= 0.3 is 0 Å². The van der Waals surface area contributed by atoms with Crippen molar-refractivity contribution in [2.75, 3.05) is 0 Å². The van der Waals surface area contributed by atoms with Crippen LogP contribution < -0.4 is 10.5 Å². The monoisotopic (exact) mass is 233 g/mol. The molecule has 1 aromatic heterocycles. The van der Waals surface area contributed by atoms with Gasteiger partial charge in [-0.25, -0.2) is 0 Å². The van der Waals surface area contributed by atoms with Gasteiger partial charge in [-0.3, -0.25) is 0 Å². The molecule has 2 rings (SSSR count). The summed E-state index contributed by atoms with van der Waals surface area (Å²) in [5, 5.41) is 4.15. The third kappa shape index (κ3) is 2.84. The van der Waals surface area contributed by atoms with Crippen LogP contribution in [-0.2, 0) is 6.61 Å². The van der Waals surface area contributed by atoms with Gasteiger partial charge in [0.2, 0.25) is 0 Å². The number of benzene rings is 1. The number of rotatable bonds is 4. The number of hydrogen-bond acceptors (Lipinski definition) is 3. The van der Waals surface area contributed by atoms with E-state index in [2.05, 4.69) is 16.8 Å². The molecule has 0 aliphatic rings. The first kappa shape index (κ1) is 11.2. The molecule has 0 bridgehead atoms. The highest BCUT2D eigenvalue weighted by molar-refractivity contribution is 7.07. The second kappa shape index (κ2) is 5.14. The van der Waals surface area contributed by atoms with Crippen LogP contribution in [0.25, 0.3) is 0 Å². The van der Waals surface area contributed by atoms with E-state index in [9.17, 15) is 0 Å². The van der Waals surface area contributed by atoms with Gasteiger partial charge in [-0.15, -0.1) is 0 Å². The molecule has 0 amide bonds. The summed E-state index contributed by atoms with van der Waals surface area (Å²) in [6.07, 6.45) is 0. The topological polar surface area (TPSA) is 35.2 Å². The summed E-state index contributed by atoms with van der Waals surface area (Å²) in [5.74, 6) is 0.885. The standard InChI is InChI=1S/C13H15NOS/c1-10(14)12-2-4-13(5-3-12)15-8-11-6-7-16-9-11/h2-7,9-10H,8,14H2,1H3/t10-/m1/s1. The summed E-state index contributed by atoms with van der Waals surface area (Å²) in [7, 11) is 0. The minimum absolute atomic E-state index is 0.0749. The summed E-state index contributed by atoms with van der Waals surface area (Å²) in [6.45, 7) is 2.60. The van der Waals surface area contributed by atoms with Crippen molar-refractivity contribution in [3.05, 3.63) is 52.2 Å². The SMILES string of the molecule is C[C@@H](N)c1ccc(OCc2ccsc2)cc1. The van der Waals surface area contributed by atoms with E-state index >= 15 is 0 Å². The summed E-state index contributed by atoms with van der Waals surface area (Å²) >= 11 is 1.68. The predicted octanol–water partition coefficient (Wildman–Crippen LogP) is 3.35. The van der Waals surface area contributed by atoms with Gasteiger partial charge in [0.25, 0.3) is 0 Å². The fourth-order valence-electron chi connectivity index (χ4n) is 1.41. The van der Waals surface area contributed by atoms with E-state index in [-0.39, 0.29) is 6.04 Å². The minimum atomic E-state index is 0.0749. The van der Waals surface area contributed by atoms with Crippen LogP contribution in [0.2, 0.25) is 0 Å². The molecular formula is C13H15NOS. The highest BCUT2D eigenvalue weighted by Crippen LogP contribution is 2.17. The molecule has 3 heteroatoms. The van der Waals surface area contributed by atoms with Crippen molar-refractivity contribution in [2.24, 2.45) is 5.73 Å². The average molecular weight is 233 g/mol. The first-order valence-corrected chi connectivity index (χ1v) is 6.19. The Labute approximate surface area is 99.7 Å². The van der Waals surface area contributed by atoms with Crippen molar-refractivity contribution < 1.29 is 4.74 Å². The van der Waals surface area contributed by atoms with E-state index in [0.717, 1.165) is 11.3 Å². The third-order valence-electron chi connectivity index (χ3n) is 2.39. The highest BCUT2D eigenvalue weighted by Gasteiger charge is 2.00. The molecule has 0 saturated carbocycles. The van der Waals surface area contributed by atoms with Gasteiger partial charge in [0.05, 0.1) is 0 Å². The van der Waals surface area contributed by atoms with E-state index in [0.29, 0.717) is 6.61 Å². The Bertz CT molecular complexity index is 420. The molecule has 0 fully saturated rings. The van der Waals surface area contributed by atoms with Crippen LogP contribution in [0, 0.1) is 0 Å². The fraction of sp³-hybridized carbons (Fsp3) is 0.231. The van der Waals surface area contributed by atoms with Gasteiger partial charge < -0.3 is 10.5 Å². The van der Waals surface area contributed by atoms with Crippen molar-refractivity contribution >= 4 is 11.3 Å². The van der Waals surface area contributed by atoms with E-state index < -0.39 is 0 Å². The van der Waals surface area contributed by atoms with Crippen LogP contribution in [0.5, 0.6) is 5.75 Å². The number of nitrogens with two attached hydrogens (primary N) is 1. The van der Waals surface area contributed by atoms with Crippen molar-refractivity contribution in [3.8, 4) is 5.75 Å². The molecule has 0 aliphatic heterocycles. The smallest absolute Gasteiger partial charge is 0.119 e. The lowest BCUT2D eigenvalue weighted by atomic mass is 10.1. The minimum Gasteiger partial charge on any atom is -0.489 e.